The van der Waals surface area contributed by atoms with E-state index in [2.05, 4.69) is 26.9 Å². The molecule has 0 N–H and O–H groups in total. The highest BCUT2D eigenvalue weighted by Gasteiger charge is 2.17. The van der Waals surface area contributed by atoms with Gasteiger partial charge in [0, 0.05) is 10.6 Å². The number of thioether (sulfide) groups is 1. The summed E-state index contributed by atoms with van der Waals surface area (Å²) in [4.78, 5) is 13.6. The molecule has 0 aliphatic rings. The van der Waals surface area contributed by atoms with E-state index in [4.69, 9.17) is 11.6 Å². The van der Waals surface area contributed by atoms with Crippen molar-refractivity contribution in [3.05, 3.63) is 88.3 Å². The van der Waals surface area contributed by atoms with Crippen LogP contribution in [-0.4, -0.2) is 26.3 Å². The molecule has 0 aliphatic carbocycles. The number of benzene rings is 2. The first-order valence-electron chi connectivity index (χ1n) is 8.63. The van der Waals surface area contributed by atoms with Crippen molar-refractivity contribution < 1.29 is 4.79 Å². The van der Waals surface area contributed by atoms with Crippen LogP contribution in [0.5, 0.6) is 0 Å². The second-order valence-electron chi connectivity index (χ2n) is 6.07. The number of nitrogens with zero attached hydrogens (tertiary/aromatic N) is 3. The number of thiophene rings is 1. The Morgan fingerprint density at radius 2 is 1.79 bits per heavy atom. The maximum absolute atomic E-state index is 12.5. The van der Waals surface area contributed by atoms with Gasteiger partial charge in [0.15, 0.2) is 16.8 Å². The van der Waals surface area contributed by atoms with E-state index in [1.807, 2.05) is 35.7 Å². The standard InChI is InChI=1S/C21H16ClN3OS2/c22-17-10-8-16(9-11-17)18(26)14-28-21-24-23-20(19-7-4-12-27-19)25(21)13-15-5-2-1-3-6-15/h1-12H,13-14H2. The van der Waals surface area contributed by atoms with E-state index in [9.17, 15) is 4.79 Å². The van der Waals surface area contributed by atoms with Crippen molar-refractivity contribution >= 4 is 40.5 Å². The van der Waals surface area contributed by atoms with Crippen molar-refractivity contribution in [3.63, 3.8) is 0 Å². The van der Waals surface area contributed by atoms with Crippen LogP contribution in [0.2, 0.25) is 5.02 Å². The zero-order valence-corrected chi connectivity index (χ0v) is 17.2. The topological polar surface area (TPSA) is 47.8 Å². The van der Waals surface area contributed by atoms with Gasteiger partial charge in [-0.2, -0.15) is 0 Å². The van der Waals surface area contributed by atoms with Crippen molar-refractivity contribution in [3.8, 4) is 10.7 Å². The summed E-state index contributed by atoms with van der Waals surface area (Å²) < 4.78 is 2.07. The largest absolute Gasteiger partial charge is 0.297 e. The van der Waals surface area contributed by atoms with Crippen LogP contribution in [0.15, 0.2) is 77.3 Å². The van der Waals surface area contributed by atoms with Crippen LogP contribution in [0.3, 0.4) is 0 Å². The van der Waals surface area contributed by atoms with Gasteiger partial charge >= 0.3 is 0 Å². The average Bonchev–Trinajstić information content (AvgIpc) is 3.37. The third kappa shape index (κ3) is 4.35. The number of halogens is 1. The van der Waals surface area contributed by atoms with Crippen LogP contribution in [0.4, 0.5) is 0 Å². The molecule has 0 saturated carbocycles. The molecule has 0 fully saturated rings. The Hall–Kier alpha value is -2.41. The van der Waals surface area contributed by atoms with Gasteiger partial charge in [-0.25, -0.2) is 0 Å². The normalized spacial score (nSPS) is 10.9. The molecule has 0 amide bonds. The molecule has 0 saturated heterocycles. The van der Waals surface area contributed by atoms with Crippen molar-refractivity contribution in [2.45, 2.75) is 11.7 Å². The third-order valence-corrected chi connectivity index (χ3v) is 6.23. The SMILES string of the molecule is O=C(CSc1nnc(-c2cccs2)n1Cc1ccccc1)c1ccc(Cl)cc1. The zero-order valence-electron chi connectivity index (χ0n) is 14.8. The summed E-state index contributed by atoms with van der Waals surface area (Å²) in [5, 5.41) is 12.1. The molecule has 0 atom stereocenters. The van der Waals surface area contributed by atoms with Gasteiger partial charge in [0.25, 0.3) is 0 Å². The second kappa shape index (κ2) is 8.73. The van der Waals surface area contributed by atoms with Crippen LogP contribution in [0.1, 0.15) is 15.9 Å². The number of carbonyl (C=O) groups is 1. The molecule has 7 heteroatoms. The van der Waals surface area contributed by atoms with Crippen molar-refractivity contribution in [2.24, 2.45) is 0 Å². The lowest BCUT2D eigenvalue weighted by molar-refractivity contribution is 0.102. The monoisotopic (exact) mass is 425 g/mol. The molecule has 4 aromatic rings. The zero-order chi connectivity index (χ0) is 19.3. The Kier molecular flexibility index (Phi) is 5.90. The number of hydrogen-bond acceptors (Lipinski definition) is 5. The molecule has 140 valence electrons. The maximum atomic E-state index is 12.5. The summed E-state index contributed by atoms with van der Waals surface area (Å²) >= 11 is 8.93. The van der Waals surface area contributed by atoms with E-state index in [0.717, 1.165) is 21.4 Å². The summed E-state index contributed by atoms with van der Waals surface area (Å²) in [6, 6.07) is 21.2. The van der Waals surface area contributed by atoms with E-state index < -0.39 is 0 Å². The van der Waals surface area contributed by atoms with Crippen LogP contribution >= 0.6 is 34.7 Å². The molecule has 0 bridgehead atoms. The highest BCUT2D eigenvalue weighted by molar-refractivity contribution is 7.99. The number of hydrogen-bond donors (Lipinski definition) is 0. The van der Waals surface area contributed by atoms with Gasteiger partial charge in [-0.1, -0.05) is 59.8 Å². The molecule has 2 aromatic heterocycles. The minimum atomic E-state index is 0.0357. The van der Waals surface area contributed by atoms with Crippen molar-refractivity contribution in [1.82, 2.24) is 14.8 Å². The predicted octanol–water partition coefficient (Wildman–Crippen LogP) is 5.68. The summed E-state index contributed by atoms with van der Waals surface area (Å²) in [7, 11) is 0. The molecule has 2 aromatic carbocycles. The van der Waals surface area contributed by atoms with Crippen LogP contribution in [0.25, 0.3) is 10.7 Å². The summed E-state index contributed by atoms with van der Waals surface area (Å²) in [5.41, 5.74) is 1.80. The smallest absolute Gasteiger partial charge is 0.192 e. The Labute approximate surface area is 176 Å². The average molecular weight is 426 g/mol. The molecule has 0 unspecified atom stereocenters. The Morgan fingerprint density at radius 3 is 2.50 bits per heavy atom. The maximum Gasteiger partial charge on any atom is 0.192 e. The second-order valence-corrected chi connectivity index (χ2v) is 8.40. The molecule has 4 nitrogen and oxygen atoms in total. The number of Topliss-reactive ketones (excluding diaryl/α,β-unsaturated/α-hetero) is 1. The van der Waals surface area contributed by atoms with Gasteiger partial charge < -0.3 is 0 Å². The number of rotatable bonds is 7. The summed E-state index contributed by atoms with van der Waals surface area (Å²) in [5.74, 6) is 1.15. The third-order valence-electron chi connectivity index (χ3n) is 4.14. The molecular weight excluding hydrogens is 410 g/mol. The van der Waals surface area contributed by atoms with E-state index in [0.29, 0.717) is 22.9 Å². The van der Waals surface area contributed by atoms with Gasteiger partial charge in [0.1, 0.15) is 0 Å². The highest BCUT2D eigenvalue weighted by atomic mass is 35.5. The highest BCUT2D eigenvalue weighted by Crippen LogP contribution is 2.28. The van der Waals surface area contributed by atoms with E-state index in [-0.39, 0.29) is 5.78 Å². The van der Waals surface area contributed by atoms with Crippen molar-refractivity contribution in [1.29, 1.82) is 0 Å². The molecule has 2 heterocycles. The number of carbonyl (C=O) groups excluding carboxylic acids is 1. The first kappa shape index (κ1) is 18.9. The molecule has 0 spiro atoms. The molecule has 0 aliphatic heterocycles. The number of aromatic nitrogens is 3. The Balaban J connectivity index is 1.57. The van der Waals surface area contributed by atoms with Gasteiger partial charge in [-0.3, -0.25) is 9.36 Å². The summed E-state index contributed by atoms with van der Waals surface area (Å²) in [6.45, 7) is 0.651. The van der Waals surface area contributed by atoms with Crippen molar-refractivity contribution in [2.75, 3.05) is 5.75 Å². The minimum Gasteiger partial charge on any atom is -0.297 e. The number of ketones is 1. The van der Waals surface area contributed by atoms with E-state index in [1.165, 1.54) is 11.8 Å². The first-order chi connectivity index (χ1) is 13.7. The fraction of sp³-hybridized carbons (Fsp3) is 0.0952. The molecular formula is C21H16ClN3OS2. The molecule has 28 heavy (non-hydrogen) atoms. The Morgan fingerprint density at radius 1 is 1.00 bits per heavy atom. The Bertz CT molecular complexity index is 1060. The fourth-order valence-electron chi connectivity index (χ4n) is 2.74. The lowest BCUT2D eigenvalue weighted by Gasteiger charge is -2.09. The van der Waals surface area contributed by atoms with Gasteiger partial charge in [-0.05, 0) is 41.3 Å². The lowest BCUT2D eigenvalue weighted by Crippen LogP contribution is -2.06. The van der Waals surface area contributed by atoms with Gasteiger partial charge in [-0.15, -0.1) is 21.5 Å². The van der Waals surface area contributed by atoms with Crippen LogP contribution < -0.4 is 0 Å². The fourth-order valence-corrected chi connectivity index (χ4v) is 4.42. The minimum absolute atomic E-state index is 0.0357. The van der Waals surface area contributed by atoms with Crippen LogP contribution in [0, 0.1) is 0 Å². The van der Waals surface area contributed by atoms with E-state index >= 15 is 0 Å². The van der Waals surface area contributed by atoms with E-state index in [1.54, 1.807) is 35.6 Å². The first-order valence-corrected chi connectivity index (χ1v) is 10.9. The molecule has 4 rings (SSSR count). The predicted molar refractivity (Wildman–Crippen MR) is 115 cm³/mol. The quantitative estimate of drug-likeness (QED) is 0.282. The van der Waals surface area contributed by atoms with Gasteiger partial charge in [0.05, 0.1) is 17.2 Å². The van der Waals surface area contributed by atoms with Crippen LogP contribution in [-0.2, 0) is 6.54 Å². The molecule has 0 radical (unpaired) electrons. The van der Waals surface area contributed by atoms with Gasteiger partial charge in [0.2, 0.25) is 0 Å². The lowest BCUT2D eigenvalue weighted by atomic mass is 10.1. The summed E-state index contributed by atoms with van der Waals surface area (Å²) in [6.07, 6.45) is 0.